The second-order valence-electron chi connectivity index (χ2n) is 2.11. The Morgan fingerprint density at radius 2 is 2.08 bits per heavy atom. The lowest BCUT2D eigenvalue weighted by Gasteiger charge is -1.82. The standard InChI is InChI=1S/C6H6N4O2/c7-3-4(8)12-6(10-3)5-9-1-2-11-5/h1-2H,7-8H2. The van der Waals surface area contributed by atoms with Crippen molar-refractivity contribution in [3.63, 3.8) is 0 Å². The Morgan fingerprint density at radius 3 is 2.58 bits per heavy atom. The molecule has 2 heterocycles. The molecule has 0 amide bonds. The number of hydrogen-bond acceptors (Lipinski definition) is 6. The molecule has 0 radical (unpaired) electrons. The topological polar surface area (TPSA) is 104 Å². The van der Waals surface area contributed by atoms with Gasteiger partial charge in [-0.2, -0.15) is 4.98 Å². The number of anilines is 2. The fourth-order valence-corrected chi connectivity index (χ4v) is 0.764. The summed E-state index contributed by atoms with van der Waals surface area (Å²) in [6.45, 7) is 0. The molecule has 6 heteroatoms. The predicted octanol–water partition coefficient (Wildman–Crippen LogP) is 0.494. The van der Waals surface area contributed by atoms with Gasteiger partial charge in [0.15, 0.2) is 5.82 Å². The fraction of sp³-hybridized carbons (Fsp3) is 0. The average molecular weight is 166 g/mol. The lowest BCUT2D eigenvalue weighted by molar-refractivity contribution is 0.518. The first-order chi connectivity index (χ1) is 5.77. The normalized spacial score (nSPS) is 10.3. The molecule has 4 N–H and O–H groups in total. The Bertz CT molecular complexity index is 359. The van der Waals surface area contributed by atoms with Crippen LogP contribution in [-0.4, -0.2) is 9.97 Å². The number of aromatic nitrogens is 2. The SMILES string of the molecule is Nc1nc(-c2ncco2)oc1N. The molecular weight excluding hydrogens is 160 g/mol. The summed E-state index contributed by atoms with van der Waals surface area (Å²) in [6.07, 6.45) is 2.89. The summed E-state index contributed by atoms with van der Waals surface area (Å²) in [5.41, 5.74) is 10.7. The van der Waals surface area contributed by atoms with Crippen molar-refractivity contribution in [3.05, 3.63) is 12.5 Å². The van der Waals surface area contributed by atoms with Gasteiger partial charge in [-0.25, -0.2) is 4.98 Å². The summed E-state index contributed by atoms with van der Waals surface area (Å²) < 4.78 is 9.85. The highest BCUT2D eigenvalue weighted by molar-refractivity contribution is 5.55. The molecule has 0 fully saturated rings. The first-order valence-corrected chi connectivity index (χ1v) is 3.19. The molecule has 0 atom stereocenters. The van der Waals surface area contributed by atoms with Gasteiger partial charge in [-0.15, -0.1) is 0 Å². The van der Waals surface area contributed by atoms with E-state index in [4.69, 9.17) is 20.3 Å². The smallest absolute Gasteiger partial charge is 0.287 e. The molecule has 0 unspecified atom stereocenters. The van der Waals surface area contributed by atoms with E-state index < -0.39 is 0 Å². The zero-order valence-electron chi connectivity index (χ0n) is 6.02. The molecule has 2 aromatic heterocycles. The van der Waals surface area contributed by atoms with Crippen LogP contribution in [0.4, 0.5) is 11.7 Å². The molecule has 2 rings (SSSR count). The van der Waals surface area contributed by atoms with Crippen LogP contribution >= 0.6 is 0 Å². The van der Waals surface area contributed by atoms with E-state index in [0.29, 0.717) is 0 Å². The van der Waals surface area contributed by atoms with Crippen LogP contribution in [0, 0.1) is 0 Å². The number of oxazole rings is 2. The molecule has 0 bridgehead atoms. The minimum Gasteiger partial charge on any atom is -0.441 e. The van der Waals surface area contributed by atoms with E-state index in [1.807, 2.05) is 0 Å². The van der Waals surface area contributed by atoms with Gasteiger partial charge in [0.2, 0.25) is 5.88 Å². The van der Waals surface area contributed by atoms with E-state index in [0.717, 1.165) is 0 Å². The lowest BCUT2D eigenvalue weighted by Crippen LogP contribution is -1.90. The van der Waals surface area contributed by atoms with Gasteiger partial charge in [-0.05, 0) is 0 Å². The van der Waals surface area contributed by atoms with E-state index in [1.165, 1.54) is 12.5 Å². The van der Waals surface area contributed by atoms with Gasteiger partial charge < -0.3 is 20.3 Å². The van der Waals surface area contributed by atoms with Crippen molar-refractivity contribution < 1.29 is 8.83 Å². The summed E-state index contributed by atoms with van der Waals surface area (Å²) in [7, 11) is 0. The second kappa shape index (κ2) is 2.26. The van der Waals surface area contributed by atoms with Crippen molar-refractivity contribution in [1.82, 2.24) is 9.97 Å². The van der Waals surface area contributed by atoms with Crippen LogP contribution in [0.3, 0.4) is 0 Å². The van der Waals surface area contributed by atoms with Gasteiger partial charge in [-0.3, -0.25) is 0 Å². The van der Waals surface area contributed by atoms with Crippen LogP contribution in [-0.2, 0) is 0 Å². The van der Waals surface area contributed by atoms with Crippen LogP contribution < -0.4 is 11.5 Å². The lowest BCUT2D eigenvalue weighted by atomic mass is 10.6. The maximum atomic E-state index is 5.35. The molecule has 0 aliphatic carbocycles. The first-order valence-electron chi connectivity index (χ1n) is 3.19. The molecule has 0 saturated carbocycles. The molecular formula is C6H6N4O2. The van der Waals surface area contributed by atoms with Crippen LogP contribution in [0.25, 0.3) is 11.8 Å². The van der Waals surface area contributed by atoms with E-state index >= 15 is 0 Å². The molecule has 0 saturated heterocycles. The molecule has 0 aliphatic heterocycles. The summed E-state index contributed by atoms with van der Waals surface area (Å²) in [6, 6.07) is 0. The summed E-state index contributed by atoms with van der Waals surface area (Å²) >= 11 is 0. The third kappa shape index (κ3) is 0.895. The van der Waals surface area contributed by atoms with Crippen molar-refractivity contribution in [2.75, 3.05) is 11.5 Å². The van der Waals surface area contributed by atoms with E-state index in [2.05, 4.69) is 9.97 Å². The summed E-state index contributed by atoms with van der Waals surface area (Å²) in [4.78, 5) is 7.59. The maximum absolute atomic E-state index is 5.35. The van der Waals surface area contributed by atoms with Gasteiger partial charge in [0, 0.05) is 0 Å². The predicted molar refractivity (Wildman–Crippen MR) is 40.8 cm³/mol. The van der Waals surface area contributed by atoms with Crippen molar-refractivity contribution >= 4 is 11.7 Å². The third-order valence-corrected chi connectivity index (χ3v) is 1.30. The van der Waals surface area contributed by atoms with Crippen molar-refractivity contribution in [1.29, 1.82) is 0 Å². The minimum absolute atomic E-state index is 0.0724. The number of hydrogen-bond donors (Lipinski definition) is 2. The highest BCUT2D eigenvalue weighted by Gasteiger charge is 2.12. The molecule has 6 nitrogen and oxygen atoms in total. The molecule has 12 heavy (non-hydrogen) atoms. The maximum Gasteiger partial charge on any atom is 0.287 e. The van der Waals surface area contributed by atoms with Crippen molar-refractivity contribution in [3.8, 4) is 11.8 Å². The molecule has 0 aromatic carbocycles. The quantitative estimate of drug-likeness (QED) is 0.638. The molecule has 0 spiro atoms. The van der Waals surface area contributed by atoms with Gasteiger partial charge in [0.1, 0.15) is 6.26 Å². The van der Waals surface area contributed by atoms with Gasteiger partial charge in [-0.1, -0.05) is 0 Å². The van der Waals surface area contributed by atoms with Crippen LogP contribution in [0.5, 0.6) is 0 Å². The van der Waals surface area contributed by atoms with E-state index in [9.17, 15) is 0 Å². The van der Waals surface area contributed by atoms with Crippen LogP contribution in [0.2, 0.25) is 0 Å². The Labute approximate surface area is 67.2 Å². The van der Waals surface area contributed by atoms with Crippen LogP contribution in [0.15, 0.2) is 21.3 Å². The number of nitrogens with two attached hydrogens (primary N) is 2. The average Bonchev–Trinajstić information content (AvgIpc) is 2.61. The highest BCUT2D eigenvalue weighted by Crippen LogP contribution is 2.22. The summed E-state index contributed by atoms with van der Waals surface area (Å²) in [5.74, 6) is 0.666. The largest absolute Gasteiger partial charge is 0.441 e. The number of nitrogens with zero attached hydrogens (tertiary/aromatic N) is 2. The highest BCUT2D eigenvalue weighted by atomic mass is 16.4. The Kier molecular flexibility index (Phi) is 1.26. The fourth-order valence-electron chi connectivity index (χ4n) is 0.764. The number of rotatable bonds is 1. The van der Waals surface area contributed by atoms with Crippen LogP contribution in [0.1, 0.15) is 0 Å². The Morgan fingerprint density at radius 1 is 1.25 bits per heavy atom. The summed E-state index contributed by atoms with van der Waals surface area (Å²) in [5, 5.41) is 0. The Hall–Kier alpha value is -1.98. The minimum atomic E-state index is 0.0724. The van der Waals surface area contributed by atoms with E-state index in [1.54, 1.807) is 0 Å². The molecule has 0 aliphatic rings. The monoisotopic (exact) mass is 166 g/mol. The van der Waals surface area contributed by atoms with Gasteiger partial charge in [0.05, 0.1) is 6.20 Å². The Balaban J connectivity index is 2.48. The van der Waals surface area contributed by atoms with Crippen molar-refractivity contribution in [2.24, 2.45) is 0 Å². The first kappa shape index (κ1) is 6.71. The number of nitrogen functional groups attached to an aromatic ring is 2. The van der Waals surface area contributed by atoms with Crippen molar-refractivity contribution in [2.45, 2.75) is 0 Å². The molecule has 2 aromatic rings. The molecule has 62 valence electrons. The third-order valence-electron chi connectivity index (χ3n) is 1.30. The zero-order chi connectivity index (χ0) is 8.55. The zero-order valence-corrected chi connectivity index (χ0v) is 6.02. The van der Waals surface area contributed by atoms with Gasteiger partial charge in [0.25, 0.3) is 11.8 Å². The van der Waals surface area contributed by atoms with E-state index in [-0.39, 0.29) is 23.5 Å². The van der Waals surface area contributed by atoms with Gasteiger partial charge >= 0.3 is 0 Å². The second-order valence-corrected chi connectivity index (χ2v) is 2.11.